The summed E-state index contributed by atoms with van der Waals surface area (Å²) in [7, 11) is -1.25. The molecule has 1 aliphatic carbocycles. The van der Waals surface area contributed by atoms with Gasteiger partial charge in [-0.2, -0.15) is 0 Å². The van der Waals surface area contributed by atoms with E-state index in [0.29, 0.717) is 23.7 Å². The van der Waals surface area contributed by atoms with E-state index in [0.717, 1.165) is 17.8 Å². The topological polar surface area (TPSA) is 78.5 Å². The number of hydrogen-bond acceptors (Lipinski definition) is 4. The van der Waals surface area contributed by atoms with Gasteiger partial charge in [0.05, 0.1) is 5.75 Å². The third-order valence-corrected chi connectivity index (χ3v) is 7.25. The molecule has 0 heterocycles. The number of rotatable bonds is 9. The maximum Gasteiger partial charge on any atom is 0.255 e. The molecule has 1 aliphatic rings. The van der Waals surface area contributed by atoms with Gasteiger partial charge in [0.15, 0.2) is 0 Å². The molecule has 2 N–H and O–H groups in total. The van der Waals surface area contributed by atoms with Crippen LogP contribution in [0.5, 0.6) is 0 Å². The summed E-state index contributed by atoms with van der Waals surface area (Å²) in [5.74, 6) is -0.213. The second kappa shape index (κ2) is 10.8. The lowest BCUT2D eigenvalue weighted by molar-refractivity contribution is 0.102. The van der Waals surface area contributed by atoms with E-state index in [-0.39, 0.29) is 11.7 Å². The van der Waals surface area contributed by atoms with Crippen molar-refractivity contribution in [2.45, 2.75) is 58.0 Å². The maximum absolute atomic E-state index is 12.9. The van der Waals surface area contributed by atoms with Crippen molar-refractivity contribution in [2.24, 2.45) is 0 Å². The van der Waals surface area contributed by atoms with Crippen LogP contribution in [-0.4, -0.2) is 38.1 Å². The third-order valence-electron chi connectivity index (χ3n) is 5.75. The molecule has 2 aromatic carbocycles. The first-order valence-electron chi connectivity index (χ1n) is 11.1. The second-order valence-electron chi connectivity index (χ2n) is 8.32. The average Bonchev–Trinajstić information content (AvgIpc) is 2.75. The molecule has 0 unspecified atom stereocenters. The lowest BCUT2D eigenvalue weighted by Crippen LogP contribution is -2.33. The molecule has 1 fully saturated rings. The Labute approximate surface area is 186 Å². The molecule has 1 saturated carbocycles. The Hall–Kier alpha value is -2.38. The van der Waals surface area contributed by atoms with Crippen molar-refractivity contribution >= 4 is 27.3 Å². The van der Waals surface area contributed by atoms with Crippen LogP contribution < -0.4 is 10.0 Å². The smallest absolute Gasteiger partial charge is 0.255 e. The molecule has 0 aliphatic heterocycles. The van der Waals surface area contributed by atoms with Crippen LogP contribution in [0.2, 0.25) is 0 Å². The molecule has 7 heteroatoms. The predicted octanol–water partition coefficient (Wildman–Crippen LogP) is 4.86. The summed E-state index contributed by atoms with van der Waals surface area (Å²) >= 11 is 0. The van der Waals surface area contributed by atoms with Gasteiger partial charge < -0.3 is 5.32 Å². The number of para-hydroxylation sites is 1. The lowest BCUT2D eigenvalue weighted by Gasteiger charge is -2.31. The summed E-state index contributed by atoms with van der Waals surface area (Å²) in [6, 6.07) is 15.0. The summed E-state index contributed by atoms with van der Waals surface area (Å²) in [6.07, 6.45) is 6.88. The van der Waals surface area contributed by atoms with Crippen LogP contribution >= 0.6 is 0 Å². The summed E-state index contributed by atoms with van der Waals surface area (Å²) in [5, 5.41) is 3.01. The second-order valence-corrected chi connectivity index (χ2v) is 10.2. The maximum atomic E-state index is 12.9. The molecule has 0 saturated heterocycles. The molecule has 31 heavy (non-hydrogen) atoms. The number of sulfonamides is 1. The quantitative estimate of drug-likeness (QED) is 0.580. The average molecular weight is 444 g/mol. The van der Waals surface area contributed by atoms with Crippen LogP contribution in [0.3, 0.4) is 0 Å². The Kier molecular flexibility index (Phi) is 8.09. The van der Waals surface area contributed by atoms with Crippen molar-refractivity contribution in [1.82, 2.24) is 4.90 Å². The Balaban J connectivity index is 1.70. The van der Waals surface area contributed by atoms with E-state index in [1.807, 2.05) is 31.2 Å². The van der Waals surface area contributed by atoms with Crippen molar-refractivity contribution < 1.29 is 13.2 Å². The van der Waals surface area contributed by atoms with Crippen molar-refractivity contribution in [2.75, 3.05) is 22.8 Å². The largest absolute Gasteiger partial charge is 0.322 e. The van der Waals surface area contributed by atoms with Gasteiger partial charge in [0.25, 0.3) is 5.91 Å². The van der Waals surface area contributed by atoms with Crippen LogP contribution in [0.4, 0.5) is 11.4 Å². The number of anilines is 2. The van der Waals surface area contributed by atoms with E-state index in [4.69, 9.17) is 0 Å². The number of amides is 1. The molecule has 168 valence electrons. The van der Waals surface area contributed by atoms with Gasteiger partial charge in [-0.25, -0.2) is 8.42 Å². The molecule has 3 rings (SSSR count). The molecule has 0 bridgehead atoms. The highest BCUT2D eigenvalue weighted by Gasteiger charge is 2.19. The number of hydrogen-bond donors (Lipinski definition) is 2. The van der Waals surface area contributed by atoms with Gasteiger partial charge in [-0.1, -0.05) is 50.5 Å². The minimum Gasteiger partial charge on any atom is -0.322 e. The summed E-state index contributed by atoms with van der Waals surface area (Å²) < 4.78 is 26.6. The Morgan fingerprint density at radius 3 is 2.55 bits per heavy atom. The number of carbonyl (C=O) groups is 1. The van der Waals surface area contributed by atoms with Gasteiger partial charge in [-0.15, -0.1) is 0 Å². The SMILES string of the molecule is CCCS(=O)(=O)Nc1cccc(C(=O)Nc2ccccc2CN(C)C2CCCCC2)c1. The van der Waals surface area contributed by atoms with E-state index in [9.17, 15) is 13.2 Å². The number of benzene rings is 2. The highest BCUT2D eigenvalue weighted by molar-refractivity contribution is 7.92. The van der Waals surface area contributed by atoms with Gasteiger partial charge in [0.2, 0.25) is 10.0 Å². The molecule has 0 aromatic heterocycles. The van der Waals surface area contributed by atoms with Crippen LogP contribution in [0.1, 0.15) is 61.4 Å². The number of nitrogens with one attached hydrogen (secondary N) is 2. The summed E-state index contributed by atoms with van der Waals surface area (Å²) in [6.45, 7) is 2.59. The molecular weight excluding hydrogens is 410 g/mol. The highest BCUT2D eigenvalue weighted by atomic mass is 32.2. The Bertz CT molecular complexity index is 985. The van der Waals surface area contributed by atoms with Crippen LogP contribution in [-0.2, 0) is 16.6 Å². The van der Waals surface area contributed by atoms with Crippen molar-refractivity contribution in [3.05, 3.63) is 59.7 Å². The van der Waals surface area contributed by atoms with Gasteiger partial charge in [0.1, 0.15) is 0 Å². The lowest BCUT2D eigenvalue weighted by atomic mass is 9.94. The minimum atomic E-state index is -3.40. The monoisotopic (exact) mass is 443 g/mol. The molecule has 0 atom stereocenters. The minimum absolute atomic E-state index is 0.0469. The standard InChI is InChI=1S/C24H33N3O3S/c1-3-16-31(29,30)26-21-12-9-11-19(17-21)24(28)25-23-15-8-7-10-20(23)18-27(2)22-13-5-4-6-14-22/h7-12,15,17,22,26H,3-6,13-14,16,18H2,1-2H3,(H,25,28). The van der Waals surface area contributed by atoms with Crippen molar-refractivity contribution in [1.29, 1.82) is 0 Å². The zero-order valence-corrected chi connectivity index (χ0v) is 19.2. The fourth-order valence-corrected chi connectivity index (χ4v) is 5.24. The van der Waals surface area contributed by atoms with Gasteiger partial charge in [0, 0.05) is 29.5 Å². The summed E-state index contributed by atoms with van der Waals surface area (Å²) in [5.41, 5.74) is 2.66. The molecule has 6 nitrogen and oxygen atoms in total. The molecule has 2 aromatic rings. The van der Waals surface area contributed by atoms with Crippen molar-refractivity contribution in [3.8, 4) is 0 Å². The van der Waals surface area contributed by atoms with Crippen LogP contribution in [0.25, 0.3) is 0 Å². The Morgan fingerprint density at radius 2 is 1.81 bits per heavy atom. The van der Waals surface area contributed by atoms with E-state index in [2.05, 4.69) is 22.0 Å². The zero-order valence-electron chi connectivity index (χ0n) is 18.4. The van der Waals surface area contributed by atoms with E-state index < -0.39 is 10.0 Å². The fraction of sp³-hybridized carbons (Fsp3) is 0.458. The molecule has 0 radical (unpaired) electrons. The highest BCUT2D eigenvalue weighted by Crippen LogP contribution is 2.25. The van der Waals surface area contributed by atoms with Gasteiger partial charge >= 0.3 is 0 Å². The van der Waals surface area contributed by atoms with Gasteiger partial charge in [-0.05, 0) is 56.1 Å². The Morgan fingerprint density at radius 1 is 1.06 bits per heavy atom. The normalized spacial score (nSPS) is 15.1. The first-order chi connectivity index (χ1) is 14.9. The molecule has 0 spiro atoms. The van der Waals surface area contributed by atoms with E-state index in [1.54, 1.807) is 24.3 Å². The first-order valence-corrected chi connectivity index (χ1v) is 12.7. The van der Waals surface area contributed by atoms with E-state index in [1.165, 1.54) is 32.1 Å². The van der Waals surface area contributed by atoms with Crippen LogP contribution in [0, 0.1) is 0 Å². The van der Waals surface area contributed by atoms with E-state index >= 15 is 0 Å². The van der Waals surface area contributed by atoms with Crippen molar-refractivity contribution in [3.63, 3.8) is 0 Å². The summed E-state index contributed by atoms with van der Waals surface area (Å²) in [4.78, 5) is 15.3. The zero-order chi connectivity index (χ0) is 22.3. The molecular formula is C24H33N3O3S. The number of nitrogens with zero attached hydrogens (tertiary/aromatic N) is 1. The number of carbonyl (C=O) groups excluding carboxylic acids is 1. The van der Waals surface area contributed by atoms with Crippen LogP contribution in [0.15, 0.2) is 48.5 Å². The fourth-order valence-electron chi connectivity index (χ4n) is 4.12. The molecule has 1 amide bonds. The first kappa shape index (κ1) is 23.3. The third kappa shape index (κ3) is 6.80. The predicted molar refractivity (Wildman–Crippen MR) is 127 cm³/mol. The van der Waals surface area contributed by atoms with Gasteiger partial charge in [-0.3, -0.25) is 14.4 Å².